The summed E-state index contributed by atoms with van der Waals surface area (Å²) in [5.41, 5.74) is 4.79. The SMILES string of the molecule is COCCc1ccc(-c2csc(NC(=O)C3CCN(c4nc5ccccc5o4)CC3)n2)cc1. The van der Waals surface area contributed by atoms with Crippen LogP contribution in [0.25, 0.3) is 22.4 Å². The number of anilines is 2. The molecule has 2 aromatic heterocycles. The number of fused-ring (bicyclic) bond motifs is 1. The maximum absolute atomic E-state index is 12.8. The van der Waals surface area contributed by atoms with Gasteiger partial charge in [0, 0.05) is 37.1 Å². The second-order valence-corrected chi connectivity index (χ2v) is 9.05. The van der Waals surface area contributed by atoms with E-state index in [4.69, 9.17) is 9.15 Å². The van der Waals surface area contributed by atoms with E-state index in [1.54, 1.807) is 7.11 Å². The summed E-state index contributed by atoms with van der Waals surface area (Å²) in [6, 6.07) is 16.7. The molecule has 2 aromatic carbocycles. The van der Waals surface area contributed by atoms with Gasteiger partial charge in [0.25, 0.3) is 6.01 Å². The molecule has 5 rings (SSSR count). The monoisotopic (exact) mass is 462 g/mol. The van der Waals surface area contributed by atoms with Gasteiger partial charge in [0.2, 0.25) is 5.91 Å². The van der Waals surface area contributed by atoms with Gasteiger partial charge in [0.1, 0.15) is 5.52 Å². The molecule has 8 heteroatoms. The van der Waals surface area contributed by atoms with Crippen LogP contribution in [0.15, 0.2) is 58.3 Å². The molecule has 1 amide bonds. The Labute approximate surface area is 196 Å². The number of thiazole rings is 1. The van der Waals surface area contributed by atoms with E-state index < -0.39 is 0 Å². The first-order chi connectivity index (χ1) is 16.2. The fourth-order valence-corrected chi connectivity index (χ4v) is 4.78. The second kappa shape index (κ2) is 9.72. The maximum Gasteiger partial charge on any atom is 0.298 e. The van der Waals surface area contributed by atoms with Crippen LogP contribution in [-0.4, -0.2) is 42.7 Å². The van der Waals surface area contributed by atoms with E-state index in [1.807, 2.05) is 29.6 Å². The van der Waals surface area contributed by atoms with Crippen LogP contribution in [0.5, 0.6) is 0 Å². The van der Waals surface area contributed by atoms with E-state index in [0.29, 0.717) is 17.8 Å². The number of benzene rings is 2. The fourth-order valence-electron chi connectivity index (χ4n) is 4.06. The van der Waals surface area contributed by atoms with Crippen molar-refractivity contribution in [1.82, 2.24) is 9.97 Å². The lowest BCUT2D eigenvalue weighted by Crippen LogP contribution is -2.38. The van der Waals surface area contributed by atoms with Gasteiger partial charge in [0.05, 0.1) is 12.3 Å². The Hall–Kier alpha value is -3.23. The third-order valence-electron chi connectivity index (χ3n) is 6.00. The number of nitrogens with one attached hydrogen (secondary N) is 1. The van der Waals surface area contributed by atoms with Crippen LogP contribution in [0.3, 0.4) is 0 Å². The summed E-state index contributed by atoms with van der Waals surface area (Å²) in [5.74, 6) is -0.0129. The molecule has 7 nitrogen and oxygen atoms in total. The van der Waals surface area contributed by atoms with Crippen LogP contribution in [0.4, 0.5) is 11.1 Å². The lowest BCUT2D eigenvalue weighted by Gasteiger charge is -2.29. The number of hydrogen-bond acceptors (Lipinski definition) is 7. The van der Waals surface area contributed by atoms with Gasteiger partial charge in [-0.2, -0.15) is 4.98 Å². The Morgan fingerprint density at radius 1 is 1.15 bits per heavy atom. The number of para-hydroxylation sites is 2. The normalized spacial score (nSPS) is 14.6. The van der Waals surface area contributed by atoms with Gasteiger partial charge in [-0.15, -0.1) is 11.3 Å². The Morgan fingerprint density at radius 2 is 1.94 bits per heavy atom. The molecule has 1 aliphatic heterocycles. The first kappa shape index (κ1) is 21.6. The molecule has 0 unspecified atom stereocenters. The van der Waals surface area contributed by atoms with Gasteiger partial charge in [-0.3, -0.25) is 4.79 Å². The van der Waals surface area contributed by atoms with Crippen LogP contribution in [-0.2, 0) is 16.0 Å². The molecule has 0 aliphatic carbocycles. The van der Waals surface area contributed by atoms with Crippen LogP contribution < -0.4 is 10.2 Å². The van der Waals surface area contributed by atoms with Gasteiger partial charge < -0.3 is 19.4 Å². The van der Waals surface area contributed by atoms with E-state index in [9.17, 15) is 4.79 Å². The number of oxazole rings is 1. The first-order valence-electron chi connectivity index (χ1n) is 11.1. The van der Waals surface area contributed by atoms with Gasteiger partial charge in [-0.05, 0) is 37.0 Å². The molecular weight excluding hydrogens is 436 g/mol. The highest BCUT2D eigenvalue weighted by Gasteiger charge is 2.27. The van der Waals surface area contributed by atoms with Crippen LogP contribution >= 0.6 is 11.3 Å². The molecule has 0 saturated carbocycles. The van der Waals surface area contributed by atoms with Crippen molar-refractivity contribution in [3.05, 3.63) is 59.5 Å². The van der Waals surface area contributed by atoms with Crippen molar-refractivity contribution < 1.29 is 13.9 Å². The Morgan fingerprint density at radius 3 is 2.70 bits per heavy atom. The molecule has 1 N–H and O–H groups in total. The average Bonchev–Trinajstić information content (AvgIpc) is 3.50. The molecule has 0 atom stereocenters. The minimum atomic E-state index is -0.0435. The highest BCUT2D eigenvalue weighted by atomic mass is 32.1. The Kier molecular flexibility index (Phi) is 6.37. The van der Waals surface area contributed by atoms with E-state index in [2.05, 4.69) is 44.5 Å². The number of amides is 1. The molecule has 1 fully saturated rings. The van der Waals surface area contributed by atoms with E-state index in [-0.39, 0.29) is 11.8 Å². The predicted molar refractivity (Wildman–Crippen MR) is 131 cm³/mol. The minimum absolute atomic E-state index is 0.0306. The third-order valence-corrected chi connectivity index (χ3v) is 6.76. The van der Waals surface area contributed by atoms with E-state index in [0.717, 1.165) is 54.7 Å². The zero-order chi connectivity index (χ0) is 22.6. The summed E-state index contributed by atoms with van der Waals surface area (Å²) in [4.78, 5) is 24.1. The molecule has 4 aromatic rings. The zero-order valence-corrected chi connectivity index (χ0v) is 19.3. The highest BCUT2D eigenvalue weighted by molar-refractivity contribution is 7.14. The quantitative estimate of drug-likeness (QED) is 0.417. The maximum atomic E-state index is 12.8. The number of hydrogen-bond donors (Lipinski definition) is 1. The number of carbonyl (C=O) groups is 1. The number of rotatable bonds is 7. The summed E-state index contributed by atoms with van der Waals surface area (Å²) in [6.07, 6.45) is 2.40. The third kappa shape index (κ3) is 4.91. The van der Waals surface area contributed by atoms with Gasteiger partial charge in [-0.1, -0.05) is 36.4 Å². The molecule has 1 saturated heterocycles. The van der Waals surface area contributed by atoms with Crippen LogP contribution in [0.1, 0.15) is 18.4 Å². The number of aromatic nitrogens is 2. The van der Waals surface area contributed by atoms with E-state index >= 15 is 0 Å². The largest absolute Gasteiger partial charge is 0.423 e. The zero-order valence-electron chi connectivity index (χ0n) is 18.5. The smallest absolute Gasteiger partial charge is 0.298 e. The minimum Gasteiger partial charge on any atom is -0.423 e. The van der Waals surface area contributed by atoms with Crippen molar-refractivity contribution in [2.24, 2.45) is 5.92 Å². The number of nitrogens with zero attached hydrogens (tertiary/aromatic N) is 3. The van der Waals surface area contributed by atoms with Crippen molar-refractivity contribution in [3.63, 3.8) is 0 Å². The molecule has 33 heavy (non-hydrogen) atoms. The topological polar surface area (TPSA) is 80.5 Å². The molecule has 3 heterocycles. The summed E-state index contributed by atoms with van der Waals surface area (Å²) in [6.45, 7) is 2.19. The average molecular weight is 463 g/mol. The Bertz CT molecular complexity index is 1190. The van der Waals surface area contributed by atoms with Gasteiger partial charge >= 0.3 is 0 Å². The number of carbonyl (C=O) groups excluding carboxylic acids is 1. The summed E-state index contributed by atoms with van der Waals surface area (Å²) in [5, 5.41) is 5.63. The fraction of sp³-hybridized carbons (Fsp3) is 0.320. The number of methoxy groups -OCH3 is 1. The summed E-state index contributed by atoms with van der Waals surface area (Å²) >= 11 is 1.46. The van der Waals surface area contributed by atoms with Gasteiger partial charge in [-0.25, -0.2) is 4.98 Å². The number of piperidine rings is 1. The van der Waals surface area contributed by atoms with Crippen molar-refractivity contribution in [3.8, 4) is 11.3 Å². The molecule has 1 aliphatic rings. The highest BCUT2D eigenvalue weighted by Crippen LogP contribution is 2.29. The lowest BCUT2D eigenvalue weighted by atomic mass is 9.96. The molecule has 0 spiro atoms. The van der Waals surface area contributed by atoms with Crippen LogP contribution in [0.2, 0.25) is 0 Å². The standard InChI is InChI=1S/C25H26N4O3S/c1-31-15-12-17-6-8-18(9-7-17)21-16-33-24(26-21)28-23(30)19-10-13-29(14-11-19)25-27-20-4-2-3-5-22(20)32-25/h2-9,16,19H,10-15H2,1H3,(H,26,28,30). The van der Waals surface area contributed by atoms with Crippen molar-refractivity contribution >= 4 is 39.5 Å². The lowest BCUT2D eigenvalue weighted by molar-refractivity contribution is -0.120. The number of ether oxygens (including phenoxy) is 1. The van der Waals surface area contributed by atoms with Gasteiger partial charge in [0.15, 0.2) is 10.7 Å². The predicted octanol–water partition coefficient (Wildman–Crippen LogP) is 5.00. The second-order valence-electron chi connectivity index (χ2n) is 8.19. The van der Waals surface area contributed by atoms with Crippen molar-refractivity contribution in [2.45, 2.75) is 19.3 Å². The molecule has 170 valence electrons. The Balaban J connectivity index is 1.16. The van der Waals surface area contributed by atoms with Crippen molar-refractivity contribution in [1.29, 1.82) is 0 Å². The summed E-state index contributed by atoms with van der Waals surface area (Å²) in [7, 11) is 1.71. The summed E-state index contributed by atoms with van der Waals surface area (Å²) < 4.78 is 11.0. The first-order valence-corrected chi connectivity index (χ1v) is 12.0. The molecule has 0 radical (unpaired) electrons. The molecular formula is C25H26N4O3S. The van der Waals surface area contributed by atoms with Crippen molar-refractivity contribution in [2.75, 3.05) is 37.0 Å². The van der Waals surface area contributed by atoms with Crippen LogP contribution in [0, 0.1) is 5.92 Å². The van der Waals surface area contributed by atoms with E-state index in [1.165, 1.54) is 16.9 Å². The molecule has 0 bridgehead atoms.